The summed E-state index contributed by atoms with van der Waals surface area (Å²) < 4.78 is 12.7. The molecule has 0 aromatic heterocycles. The third-order valence-corrected chi connectivity index (χ3v) is 5.43. The van der Waals surface area contributed by atoms with E-state index in [1.165, 1.54) is 0 Å². The first-order chi connectivity index (χ1) is 12.1. The Labute approximate surface area is 164 Å². The number of ether oxygens (including phenoxy) is 2. The zero-order valence-corrected chi connectivity index (χ0v) is 17.0. The Morgan fingerprint density at radius 3 is 2.64 bits per heavy atom. The van der Waals surface area contributed by atoms with Crippen molar-refractivity contribution < 1.29 is 14.3 Å². The Morgan fingerprint density at radius 1 is 1.20 bits per heavy atom. The fourth-order valence-electron chi connectivity index (χ4n) is 3.05. The molecule has 1 atom stereocenters. The number of halogens is 2. The molecular weight excluding hydrogens is 450 g/mol. The second kappa shape index (κ2) is 8.23. The number of hydrogen-bond acceptors (Lipinski definition) is 3. The average molecular weight is 469 g/mol. The number of benzene rings is 2. The predicted octanol–water partition coefficient (Wildman–Crippen LogP) is 4.96. The van der Waals surface area contributed by atoms with Gasteiger partial charge in [-0.1, -0.05) is 28.1 Å². The molecule has 6 heteroatoms. The van der Waals surface area contributed by atoms with E-state index in [0.717, 1.165) is 39.6 Å². The number of carbonyl (C=O) groups excluding carboxylic acids is 1. The van der Waals surface area contributed by atoms with E-state index in [-0.39, 0.29) is 18.6 Å². The van der Waals surface area contributed by atoms with Crippen LogP contribution in [0.25, 0.3) is 0 Å². The predicted molar refractivity (Wildman–Crippen MR) is 104 cm³/mol. The summed E-state index contributed by atoms with van der Waals surface area (Å²) in [5, 5.41) is 0. The van der Waals surface area contributed by atoms with E-state index in [4.69, 9.17) is 9.47 Å². The van der Waals surface area contributed by atoms with Gasteiger partial charge in [-0.3, -0.25) is 4.79 Å². The molecule has 1 fully saturated rings. The molecule has 2 aromatic carbocycles. The maximum atomic E-state index is 12.7. The maximum Gasteiger partial charge on any atom is 0.261 e. The zero-order valence-electron chi connectivity index (χ0n) is 13.9. The van der Waals surface area contributed by atoms with Crippen molar-refractivity contribution in [2.75, 3.05) is 20.3 Å². The Hall–Kier alpha value is -1.53. The molecule has 0 saturated carbocycles. The van der Waals surface area contributed by atoms with Gasteiger partial charge in [0.05, 0.1) is 17.6 Å². The van der Waals surface area contributed by atoms with Gasteiger partial charge in [0, 0.05) is 11.0 Å². The molecule has 1 amide bonds. The van der Waals surface area contributed by atoms with E-state index in [1.54, 1.807) is 7.11 Å². The van der Waals surface area contributed by atoms with Crippen molar-refractivity contribution in [3.05, 3.63) is 57.0 Å². The molecule has 132 valence electrons. The summed E-state index contributed by atoms with van der Waals surface area (Å²) in [5.74, 6) is 1.49. The van der Waals surface area contributed by atoms with Gasteiger partial charge in [-0.15, -0.1) is 0 Å². The lowest BCUT2D eigenvalue weighted by Gasteiger charge is -2.25. The van der Waals surface area contributed by atoms with Gasteiger partial charge >= 0.3 is 0 Å². The molecule has 25 heavy (non-hydrogen) atoms. The normalized spacial score (nSPS) is 16.8. The summed E-state index contributed by atoms with van der Waals surface area (Å²) in [6, 6.07) is 13.7. The molecule has 0 radical (unpaired) electrons. The number of carbonyl (C=O) groups is 1. The first kappa shape index (κ1) is 18.3. The van der Waals surface area contributed by atoms with Crippen molar-refractivity contribution in [1.82, 2.24) is 4.90 Å². The minimum Gasteiger partial charge on any atom is -0.497 e. The third kappa shape index (κ3) is 4.36. The molecule has 2 aromatic rings. The molecule has 3 rings (SSSR count). The van der Waals surface area contributed by atoms with Crippen LogP contribution in [0.5, 0.6) is 11.5 Å². The van der Waals surface area contributed by atoms with Crippen molar-refractivity contribution in [2.45, 2.75) is 18.9 Å². The van der Waals surface area contributed by atoms with Gasteiger partial charge in [-0.2, -0.15) is 0 Å². The Balaban J connectivity index is 1.65. The van der Waals surface area contributed by atoms with Crippen LogP contribution >= 0.6 is 31.9 Å². The van der Waals surface area contributed by atoms with E-state index < -0.39 is 0 Å². The van der Waals surface area contributed by atoms with Crippen LogP contribution in [-0.2, 0) is 4.79 Å². The standard InChI is InChI=1S/C19H19Br2NO3/c1-24-15-7-4-13(5-8-15)17-3-2-10-22(17)19(23)12-25-18-9-6-14(20)11-16(18)21/h4-9,11,17H,2-3,10,12H2,1H3/t17-/m1/s1. The summed E-state index contributed by atoms with van der Waals surface area (Å²) in [5.41, 5.74) is 1.14. The van der Waals surface area contributed by atoms with Crippen molar-refractivity contribution in [3.8, 4) is 11.5 Å². The van der Waals surface area contributed by atoms with Gasteiger partial charge in [-0.25, -0.2) is 0 Å². The lowest BCUT2D eigenvalue weighted by atomic mass is 10.0. The fourth-order valence-corrected chi connectivity index (χ4v) is 4.21. The molecule has 4 nitrogen and oxygen atoms in total. The second-order valence-corrected chi connectivity index (χ2v) is 7.65. The molecule has 0 aliphatic carbocycles. The van der Waals surface area contributed by atoms with Crippen LogP contribution in [-0.4, -0.2) is 31.1 Å². The van der Waals surface area contributed by atoms with Gasteiger partial charge in [0.25, 0.3) is 5.91 Å². The summed E-state index contributed by atoms with van der Waals surface area (Å²) >= 11 is 6.86. The Bertz CT molecular complexity index is 749. The summed E-state index contributed by atoms with van der Waals surface area (Å²) in [6.45, 7) is 0.799. The molecule has 1 saturated heterocycles. The quantitative estimate of drug-likeness (QED) is 0.622. The highest BCUT2D eigenvalue weighted by atomic mass is 79.9. The lowest BCUT2D eigenvalue weighted by molar-refractivity contribution is -0.134. The van der Waals surface area contributed by atoms with E-state index in [9.17, 15) is 4.79 Å². The van der Waals surface area contributed by atoms with Crippen molar-refractivity contribution >= 4 is 37.8 Å². The van der Waals surface area contributed by atoms with Gasteiger partial charge in [0.2, 0.25) is 0 Å². The van der Waals surface area contributed by atoms with E-state index in [2.05, 4.69) is 31.9 Å². The van der Waals surface area contributed by atoms with E-state index >= 15 is 0 Å². The monoisotopic (exact) mass is 467 g/mol. The number of nitrogens with zero attached hydrogens (tertiary/aromatic N) is 1. The second-order valence-electron chi connectivity index (χ2n) is 5.88. The largest absolute Gasteiger partial charge is 0.497 e. The zero-order chi connectivity index (χ0) is 17.8. The molecule has 1 aliphatic rings. The highest BCUT2D eigenvalue weighted by Gasteiger charge is 2.30. The van der Waals surface area contributed by atoms with Crippen LogP contribution in [0.2, 0.25) is 0 Å². The highest BCUT2D eigenvalue weighted by molar-refractivity contribution is 9.11. The van der Waals surface area contributed by atoms with E-state index in [1.807, 2.05) is 47.4 Å². The van der Waals surface area contributed by atoms with Gasteiger partial charge in [0.15, 0.2) is 6.61 Å². The summed E-state index contributed by atoms with van der Waals surface area (Å²) in [7, 11) is 1.65. The SMILES string of the molecule is COc1ccc([C@H]2CCCN2C(=O)COc2ccc(Br)cc2Br)cc1. The maximum absolute atomic E-state index is 12.7. The van der Waals surface area contributed by atoms with Gasteiger partial charge < -0.3 is 14.4 Å². The molecule has 1 aliphatic heterocycles. The first-order valence-electron chi connectivity index (χ1n) is 8.10. The number of methoxy groups -OCH3 is 1. The number of hydrogen-bond donors (Lipinski definition) is 0. The lowest BCUT2D eigenvalue weighted by Crippen LogP contribution is -2.34. The smallest absolute Gasteiger partial charge is 0.261 e. The average Bonchev–Trinajstić information content (AvgIpc) is 3.10. The minimum atomic E-state index is 0.00753. The Kier molecular flexibility index (Phi) is 6.02. The van der Waals surface area contributed by atoms with Crippen molar-refractivity contribution in [3.63, 3.8) is 0 Å². The van der Waals surface area contributed by atoms with Crippen LogP contribution in [0.4, 0.5) is 0 Å². The molecule has 0 unspecified atom stereocenters. The molecule has 0 bridgehead atoms. The number of amides is 1. The van der Waals surface area contributed by atoms with Crippen LogP contribution < -0.4 is 9.47 Å². The Morgan fingerprint density at radius 2 is 1.96 bits per heavy atom. The number of likely N-dealkylation sites (tertiary alicyclic amines) is 1. The topological polar surface area (TPSA) is 38.8 Å². The van der Waals surface area contributed by atoms with Crippen LogP contribution in [0.1, 0.15) is 24.4 Å². The van der Waals surface area contributed by atoms with Crippen molar-refractivity contribution in [1.29, 1.82) is 0 Å². The van der Waals surface area contributed by atoms with Gasteiger partial charge in [0.1, 0.15) is 11.5 Å². The van der Waals surface area contributed by atoms with E-state index in [0.29, 0.717) is 5.75 Å². The third-order valence-electron chi connectivity index (χ3n) is 4.32. The molecule has 0 N–H and O–H groups in total. The fraction of sp³-hybridized carbons (Fsp3) is 0.316. The summed E-state index contributed by atoms with van der Waals surface area (Å²) in [4.78, 5) is 14.6. The number of rotatable bonds is 5. The van der Waals surface area contributed by atoms with Crippen molar-refractivity contribution in [2.24, 2.45) is 0 Å². The van der Waals surface area contributed by atoms with Crippen LogP contribution in [0, 0.1) is 0 Å². The van der Waals surface area contributed by atoms with Crippen LogP contribution in [0.3, 0.4) is 0 Å². The minimum absolute atomic E-state index is 0.00753. The molecular formula is C19H19Br2NO3. The first-order valence-corrected chi connectivity index (χ1v) is 9.68. The molecule has 1 heterocycles. The highest BCUT2D eigenvalue weighted by Crippen LogP contribution is 2.33. The molecule has 0 spiro atoms. The van der Waals surface area contributed by atoms with Crippen LogP contribution in [0.15, 0.2) is 51.4 Å². The summed E-state index contributed by atoms with van der Waals surface area (Å²) in [6.07, 6.45) is 1.98. The van der Waals surface area contributed by atoms with Gasteiger partial charge in [-0.05, 0) is 64.7 Å².